The van der Waals surface area contributed by atoms with Crippen LogP contribution in [0.4, 0.5) is 28.4 Å². The highest BCUT2D eigenvalue weighted by atomic mass is 15.2. The Kier molecular flexibility index (Phi) is 6.67. The number of allylic oxidation sites excluding steroid dienone is 5. The minimum Gasteiger partial charge on any atom is -0.310 e. The van der Waals surface area contributed by atoms with Crippen molar-refractivity contribution in [2.75, 3.05) is 9.80 Å². The van der Waals surface area contributed by atoms with Gasteiger partial charge in [0.1, 0.15) is 0 Å². The summed E-state index contributed by atoms with van der Waals surface area (Å²) >= 11 is 0. The van der Waals surface area contributed by atoms with Crippen molar-refractivity contribution >= 4 is 62.1 Å². The molecule has 0 aromatic heterocycles. The van der Waals surface area contributed by atoms with Crippen molar-refractivity contribution in [3.63, 3.8) is 0 Å². The van der Waals surface area contributed by atoms with Gasteiger partial charge < -0.3 is 9.80 Å². The molecule has 3 aliphatic carbocycles. The van der Waals surface area contributed by atoms with Crippen molar-refractivity contribution in [2.45, 2.75) is 5.92 Å². The molecule has 0 N–H and O–H groups in total. The average Bonchev–Trinajstić information content (AvgIpc) is 3.19. The van der Waals surface area contributed by atoms with Crippen molar-refractivity contribution < 1.29 is 0 Å². The number of rotatable bonds is 6. The number of hydrogen-bond donors (Lipinski definition) is 0. The highest BCUT2D eigenvalue weighted by Crippen LogP contribution is 2.53. The Morgan fingerprint density at radius 1 is 0.400 bits per heavy atom. The number of anilines is 5. The monoisotopic (exact) mass is 638 g/mol. The van der Waals surface area contributed by atoms with Gasteiger partial charge in [0.2, 0.25) is 0 Å². The molecule has 2 nitrogen and oxygen atoms in total. The van der Waals surface area contributed by atoms with Gasteiger partial charge in [-0.1, -0.05) is 134 Å². The van der Waals surface area contributed by atoms with Crippen LogP contribution < -0.4 is 9.80 Å². The first-order chi connectivity index (χ1) is 24.8. The fraction of sp³-hybridized carbons (Fsp3) is 0.0417. The molecule has 0 spiro atoms. The second kappa shape index (κ2) is 11.6. The van der Waals surface area contributed by atoms with Gasteiger partial charge in [0.05, 0.1) is 5.69 Å². The van der Waals surface area contributed by atoms with Crippen LogP contribution in [0.1, 0.15) is 22.6 Å². The lowest BCUT2D eigenvalue weighted by Crippen LogP contribution is -2.28. The third-order valence-corrected chi connectivity index (χ3v) is 10.5. The van der Waals surface area contributed by atoms with Crippen LogP contribution in [0.3, 0.4) is 0 Å². The number of para-hydroxylation sites is 2. The van der Waals surface area contributed by atoms with E-state index >= 15 is 0 Å². The Labute approximate surface area is 292 Å². The molecule has 0 saturated carbocycles. The van der Waals surface area contributed by atoms with Crippen molar-refractivity contribution in [3.05, 3.63) is 210 Å². The quantitative estimate of drug-likeness (QED) is 0.179. The Morgan fingerprint density at radius 2 is 0.960 bits per heavy atom. The summed E-state index contributed by atoms with van der Waals surface area (Å²) in [6.07, 6.45) is 14.2. The lowest BCUT2D eigenvalue weighted by molar-refractivity contribution is 0.655. The van der Waals surface area contributed by atoms with E-state index in [1.807, 2.05) is 0 Å². The van der Waals surface area contributed by atoms with E-state index in [4.69, 9.17) is 0 Å². The fourth-order valence-corrected chi connectivity index (χ4v) is 8.22. The Balaban J connectivity index is 1.16. The van der Waals surface area contributed by atoms with Crippen molar-refractivity contribution in [1.29, 1.82) is 0 Å². The van der Waals surface area contributed by atoms with Gasteiger partial charge in [0.25, 0.3) is 0 Å². The predicted octanol–water partition coefficient (Wildman–Crippen LogP) is 12.9. The predicted molar refractivity (Wildman–Crippen MR) is 212 cm³/mol. The van der Waals surface area contributed by atoms with Crippen molar-refractivity contribution in [3.8, 4) is 0 Å². The highest BCUT2D eigenvalue weighted by molar-refractivity contribution is 5.93. The minimum atomic E-state index is 0.204. The molecule has 10 rings (SSSR count). The fourth-order valence-electron chi connectivity index (χ4n) is 8.22. The molecular weight excluding hydrogens is 605 g/mol. The first-order valence-corrected chi connectivity index (χ1v) is 17.4. The zero-order chi connectivity index (χ0) is 33.0. The molecule has 236 valence electrons. The second-order valence-electron chi connectivity index (χ2n) is 13.4. The van der Waals surface area contributed by atoms with Crippen molar-refractivity contribution in [1.82, 2.24) is 0 Å². The number of fused-ring (bicyclic) bond motifs is 2. The smallest absolute Gasteiger partial charge is 0.0537 e. The summed E-state index contributed by atoms with van der Waals surface area (Å²) in [6.45, 7) is 0. The van der Waals surface area contributed by atoms with Gasteiger partial charge in [0.15, 0.2) is 0 Å². The van der Waals surface area contributed by atoms with Gasteiger partial charge in [-0.2, -0.15) is 0 Å². The first-order valence-electron chi connectivity index (χ1n) is 17.4. The van der Waals surface area contributed by atoms with E-state index in [0.29, 0.717) is 0 Å². The molecule has 0 fully saturated rings. The Morgan fingerprint density at radius 3 is 1.62 bits per heavy atom. The van der Waals surface area contributed by atoms with Gasteiger partial charge in [-0.3, -0.25) is 0 Å². The normalized spacial score (nSPS) is 16.9. The molecule has 50 heavy (non-hydrogen) atoms. The number of nitrogens with zero attached hydrogens (tertiary/aromatic N) is 2. The van der Waals surface area contributed by atoms with E-state index < -0.39 is 0 Å². The van der Waals surface area contributed by atoms with Crippen LogP contribution in [0.5, 0.6) is 0 Å². The molecule has 0 amide bonds. The van der Waals surface area contributed by atoms with E-state index in [1.54, 1.807) is 0 Å². The first kappa shape index (κ1) is 28.6. The summed E-state index contributed by atoms with van der Waals surface area (Å²) in [6, 6.07) is 57.1. The van der Waals surface area contributed by atoms with Gasteiger partial charge >= 0.3 is 0 Å². The lowest BCUT2D eigenvalue weighted by Gasteiger charge is -2.41. The summed E-state index contributed by atoms with van der Waals surface area (Å²) in [5.41, 5.74) is 12.4. The van der Waals surface area contributed by atoms with E-state index in [2.05, 4.69) is 204 Å². The van der Waals surface area contributed by atoms with Gasteiger partial charge in [-0.25, -0.2) is 0 Å². The van der Waals surface area contributed by atoms with Crippen LogP contribution in [-0.2, 0) is 0 Å². The molecule has 0 aliphatic heterocycles. The SMILES string of the molecule is C1=Cc2ccc(N(c3ccccc3)c3ccc4ccccc4c3)c3c2C2C1=C(N(c1ccccc1)c1ccc4ccccc4c1)C=CC2C=C3. The molecule has 2 heteroatoms. The van der Waals surface area contributed by atoms with Gasteiger partial charge in [-0.15, -0.1) is 0 Å². The standard InChI is InChI=1S/C48H34N2/c1-3-15-39(16-4-1)49(41-25-19-33-11-7-9-13-37(33)31-41)45-29-23-35-22-28-44-46(30-24-36-21-27-43(45)47(35)48(36)44)50(40-17-5-2-6-18-40)42-26-20-34-12-8-10-14-38(34)32-42/h1-32,35,47H. The van der Waals surface area contributed by atoms with Crippen molar-refractivity contribution in [2.24, 2.45) is 5.92 Å². The maximum absolute atomic E-state index is 2.44. The van der Waals surface area contributed by atoms with Crippen LogP contribution in [-0.4, -0.2) is 0 Å². The zero-order valence-electron chi connectivity index (χ0n) is 27.5. The molecule has 7 aromatic rings. The molecule has 2 unspecified atom stereocenters. The summed E-state index contributed by atoms with van der Waals surface area (Å²) in [5.74, 6) is 0.483. The highest BCUT2D eigenvalue weighted by Gasteiger charge is 2.37. The number of benzene rings is 7. The van der Waals surface area contributed by atoms with Crippen LogP contribution in [0.25, 0.3) is 33.7 Å². The van der Waals surface area contributed by atoms with E-state index in [0.717, 1.165) is 22.7 Å². The number of hydrogen-bond acceptors (Lipinski definition) is 2. The minimum absolute atomic E-state index is 0.204. The average molecular weight is 639 g/mol. The molecule has 7 aromatic carbocycles. The van der Waals surface area contributed by atoms with Gasteiger partial charge in [-0.05, 0) is 98.9 Å². The van der Waals surface area contributed by atoms with Crippen LogP contribution in [0.2, 0.25) is 0 Å². The van der Waals surface area contributed by atoms with Crippen LogP contribution in [0.15, 0.2) is 193 Å². The lowest BCUT2D eigenvalue weighted by atomic mass is 9.68. The van der Waals surface area contributed by atoms with E-state index in [-0.39, 0.29) is 11.8 Å². The molecule has 0 saturated heterocycles. The third kappa shape index (κ3) is 4.64. The van der Waals surface area contributed by atoms with Crippen LogP contribution in [0, 0.1) is 5.92 Å². The third-order valence-electron chi connectivity index (χ3n) is 10.5. The Bertz CT molecular complexity index is 2560. The topological polar surface area (TPSA) is 6.48 Å². The molecule has 3 aliphatic rings. The summed E-state index contributed by atoms with van der Waals surface area (Å²) in [5, 5.41) is 4.96. The van der Waals surface area contributed by atoms with E-state index in [9.17, 15) is 0 Å². The molecular formula is C48H34N2. The van der Waals surface area contributed by atoms with Gasteiger partial charge in [0, 0.05) is 45.8 Å². The summed E-state index contributed by atoms with van der Waals surface area (Å²) in [7, 11) is 0. The molecule has 0 heterocycles. The second-order valence-corrected chi connectivity index (χ2v) is 13.4. The largest absolute Gasteiger partial charge is 0.310 e. The maximum atomic E-state index is 2.44. The van der Waals surface area contributed by atoms with Crippen LogP contribution >= 0.6 is 0 Å². The summed E-state index contributed by atoms with van der Waals surface area (Å²) < 4.78 is 0. The zero-order valence-corrected chi connectivity index (χ0v) is 27.5. The molecule has 2 atom stereocenters. The Hall–Kier alpha value is -6.38. The molecule has 0 bridgehead atoms. The van der Waals surface area contributed by atoms with E-state index in [1.165, 1.54) is 55.2 Å². The maximum Gasteiger partial charge on any atom is 0.0537 e. The summed E-state index contributed by atoms with van der Waals surface area (Å²) in [4.78, 5) is 4.87. The molecule has 0 radical (unpaired) electrons.